The number of nitrogens with two attached hydrogens (primary N) is 1. The molecule has 0 aliphatic rings. The third-order valence-corrected chi connectivity index (χ3v) is 2.70. The van der Waals surface area contributed by atoms with Gasteiger partial charge in [0, 0.05) is 17.9 Å². The lowest BCUT2D eigenvalue weighted by molar-refractivity contribution is 1.21. The summed E-state index contributed by atoms with van der Waals surface area (Å²) in [6, 6.07) is 16.2. The Morgan fingerprint density at radius 1 is 0.889 bits per heavy atom. The van der Waals surface area contributed by atoms with Gasteiger partial charge in [-0.1, -0.05) is 36.4 Å². The Bertz CT molecular complexity index is 510. The van der Waals surface area contributed by atoms with Crippen LogP contribution in [0, 0.1) is 0 Å². The van der Waals surface area contributed by atoms with Gasteiger partial charge in [0.15, 0.2) is 0 Å². The summed E-state index contributed by atoms with van der Waals surface area (Å²) in [6.45, 7) is 3.04. The van der Waals surface area contributed by atoms with Gasteiger partial charge in [-0.05, 0) is 42.3 Å². The van der Waals surface area contributed by atoms with Crippen LogP contribution in [0.2, 0.25) is 0 Å². The molecule has 0 amide bonds. The Morgan fingerprint density at radius 2 is 1.39 bits per heavy atom. The highest BCUT2D eigenvalue weighted by molar-refractivity contribution is 5.71. The van der Waals surface area contributed by atoms with Gasteiger partial charge in [-0.25, -0.2) is 0 Å². The molecule has 3 N–H and O–H groups in total. The summed E-state index contributed by atoms with van der Waals surface area (Å²) in [5.41, 5.74) is 9.94. The zero-order valence-corrected chi connectivity index (χ0v) is 10.6. The van der Waals surface area contributed by atoms with Crippen molar-refractivity contribution in [3.63, 3.8) is 0 Å². The maximum atomic E-state index is 5.65. The largest absolute Gasteiger partial charge is 0.399 e. The molecule has 2 aromatic carbocycles. The van der Waals surface area contributed by atoms with E-state index in [0.29, 0.717) is 0 Å². The molecule has 0 spiro atoms. The molecule has 0 saturated carbocycles. The first-order chi connectivity index (χ1) is 8.78. The number of nitrogens with one attached hydrogen (secondary N) is 1. The lowest BCUT2D eigenvalue weighted by atomic mass is 10.1. The van der Waals surface area contributed by atoms with Crippen LogP contribution in [0.25, 0.3) is 12.2 Å². The van der Waals surface area contributed by atoms with Crippen LogP contribution in [0.1, 0.15) is 18.1 Å². The lowest BCUT2D eigenvalue weighted by Gasteiger charge is -2.02. The quantitative estimate of drug-likeness (QED) is 0.626. The van der Waals surface area contributed by atoms with Crippen molar-refractivity contribution in [3.05, 3.63) is 59.7 Å². The molecule has 2 rings (SSSR count). The number of rotatable bonds is 4. The highest BCUT2D eigenvalue weighted by Gasteiger charge is 1.91. The molecule has 0 aromatic heterocycles. The number of benzene rings is 2. The minimum absolute atomic E-state index is 0.794. The van der Waals surface area contributed by atoms with Gasteiger partial charge in [0.1, 0.15) is 0 Å². The van der Waals surface area contributed by atoms with E-state index < -0.39 is 0 Å². The van der Waals surface area contributed by atoms with E-state index in [1.807, 2.05) is 24.3 Å². The summed E-state index contributed by atoms with van der Waals surface area (Å²) < 4.78 is 0. The fourth-order valence-corrected chi connectivity index (χ4v) is 1.72. The van der Waals surface area contributed by atoms with Crippen LogP contribution in [0.3, 0.4) is 0 Å². The van der Waals surface area contributed by atoms with E-state index in [4.69, 9.17) is 5.73 Å². The van der Waals surface area contributed by atoms with E-state index >= 15 is 0 Å². The van der Waals surface area contributed by atoms with Crippen molar-refractivity contribution in [2.45, 2.75) is 6.92 Å². The molecule has 2 aromatic rings. The van der Waals surface area contributed by atoms with Gasteiger partial charge in [-0.3, -0.25) is 0 Å². The summed E-state index contributed by atoms with van der Waals surface area (Å²) in [4.78, 5) is 0. The molecular weight excluding hydrogens is 220 g/mol. The first kappa shape index (κ1) is 12.2. The van der Waals surface area contributed by atoms with Crippen LogP contribution in [-0.4, -0.2) is 6.54 Å². The Balaban J connectivity index is 2.06. The van der Waals surface area contributed by atoms with Crippen LogP contribution in [0.4, 0.5) is 11.4 Å². The molecule has 0 saturated heterocycles. The second kappa shape index (κ2) is 5.92. The normalized spacial score (nSPS) is 10.7. The molecule has 2 nitrogen and oxygen atoms in total. The first-order valence-electron chi connectivity index (χ1n) is 6.15. The average molecular weight is 238 g/mol. The zero-order chi connectivity index (χ0) is 12.8. The van der Waals surface area contributed by atoms with Crippen molar-refractivity contribution in [2.24, 2.45) is 0 Å². The van der Waals surface area contributed by atoms with E-state index in [1.54, 1.807) is 0 Å². The molecule has 0 bridgehead atoms. The molecule has 18 heavy (non-hydrogen) atoms. The van der Waals surface area contributed by atoms with Crippen LogP contribution < -0.4 is 11.1 Å². The molecule has 0 aliphatic heterocycles. The minimum Gasteiger partial charge on any atom is -0.399 e. The number of hydrogen-bond acceptors (Lipinski definition) is 2. The van der Waals surface area contributed by atoms with Gasteiger partial charge in [0.25, 0.3) is 0 Å². The molecule has 0 aliphatic carbocycles. The van der Waals surface area contributed by atoms with Crippen LogP contribution in [-0.2, 0) is 0 Å². The van der Waals surface area contributed by atoms with Crippen molar-refractivity contribution >= 4 is 23.5 Å². The van der Waals surface area contributed by atoms with Crippen LogP contribution >= 0.6 is 0 Å². The zero-order valence-electron chi connectivity index (χ0n) is 10.6. The van der Waals surface area contributed by atoms with Crippen molar-refractivity contribution in [1.82, 2.24) is 0 Å². The topological polar surface area (TPSA) is 38.0 Å². The highest BCUT2D eigenvalue weighted by Crippen LogP contribution is 2.13. The molecule has 0 unspecified atom stereocenters. The summed E-state index contributed by atoms with van der Waals surface area (Å²) in [5, 5.41) is 3.28. The summed E-state index contributed by atoms with van der Waals surface area (Å²) in [7, 11) is 0. The second-order valence-corrected chi connectivity index (χ2v) is 4.15. The maximum Gasteiger partial charge on any atom is 0.0340 e. The number of nitrogen functional groups attached to an aromatic ring is 1. The Morgan fingerprint density at radius 3 is 1.89 bits per heavy atom. The smallest absolute Gasteiger partial charge is 0.0340 e. The first-order valence-corrected chi connectivity index (χ1v) is 6.15. The molecule has 0 heterocycles. The van der Waals surface area contributed by atoms with E-state index in [0.717, 1.165) is 23.5 Å². The molecule has 92 valence electrons. The summed E-state index contributed by atoms with van der Waals surface area (Å²) in [5.74, 6) is 0. The van der Waals surface area contributed by atoms with Gasteiger partial charge in [-0.2, -0.15) is 0 Å². The van der Waals surface area contributed by atoms with Crippen LogP contribution in [0.5, 0.6) is 0 Å². The molecule has 0 fully saturated rings. The van der Waals surface area contributed by atoms with Gasteiger partial charge in [-0.15, -0.1) is 0 Å². The van der Waals surface area contributed by atoms with Crippen molar-refractivity contribution < 1.29 is 0 Å². The Hall–Kier alpha value is -2.22. The van der Waals surface area contributed by atoms with E-state index in [1.165, 1.54) is 5.56 Å². The SMILES string of the molecule is CCNc1ccc(/C=C/c2ccc(N)cc2)cc1. The van der Waals surface area contributed by atoms with Crippen molar-refractivity contribution in [2.75, 3.05) is 17.6 Å². The van der Waals surface area contributed by atoms with Gasteiger partial charge >= 0.3 is 0 Å². The van der Waals surface area contributed by atoms with Gasteiger partial charge in [0.05, 0.1) is 0 Å². The summed E-state index contributed by atoms with van der Waals surface area (Å²) >= 11 is 0. The fraction of sp³-hybridized carbons (Fsp3) is 0.125. The molecule has 2 heteroatoms. The van der Waals surface area contributed by atoms with Gasteiger partial charge in [0.2, 0.25) is 0 Å². The number of anilines is 2. The summed E-state index contributed by atoms with van der Waals surface area (Å²) in [6.07, 6.45) is 4.18. The predicted octanol–water partition coefficient (Wildman–Crippen LogP) is 3.87. The van der Waals surface area contributed by atoms with E-state index in [9.17, 15) is 0 Å². The monoisotopic (exact) mass is 238 g/mol. The van der Waals surface area contributed by atoms with Gasteiger partial charge < -0.3 is 11.1 Å². The third kappa shape index (κ3) is 3.39. The van der Waals surface area contributed by atoms with Crippen LogP contribution in [0.15, 0.2) is 48.5 Å². The highest BCUT2D eigenvalue weighted by atomic mass is 14.8. The van der Waals surface area contributed by atoms with E-state index in [2.05, 4.69) is 48.7 Å². The predicted molar refractivity (Wildman–Crippen MR) is 80.4 cm³/mol. The Kier molecular flexibility index (Phi) is 4.02. The molecule has 0 radical (unpaired) electrons. The Labute approximate surface area is 108 Å². The molecular formula is C16H18N2. The standard InChI is InChI=1S/C16H18N2/c1-2-18-16-11-7-14(8-12-16)4-3-13-5-9-15(17)10-6-13/h3-12,18H,2,17H2,1H3/b4-3+. The fourth-order valence-electron chi connectivity index (χ4n) is 1.72. The minimum atomic E-state index is 0.794. The van der Waals surface area contributed by atoms with E-state index in [-0.39, 0.29) is 0 Å². The average Bonchev–Trinajstić information content (AvgIpc) is 2.40. The molecule has 0 atom stereocenters. The maximum absolute atomic E-state index is 5.65. The second-order valence-electron chi connectivity index (χ2n) is 4.15. The van der Waals surface area contributed by atoms with Crippen molar-refractivity contribution in [1.29, 1.82) is 0 Å². The number of hydrogen-bond donors (Lipinski definition) is 2. The van der Waals surface area contributed by atoms with Crippen molar-refractivity contribution in [3.8, 4) is 0 Å². The lowest BCUT2D eigenvalue weighted by Crippen LogP contribution is -1.95. The third-order valence-electron chi connectivity index (χ3n) is 2.70.